The summed E-state index contributed by atoms with van der Waals surface area (Å²) in [4.78, 5) is 4.41. The van der Waals surface area contributed by atoms with Gasteiger partial charge in [-0.05, 0) is 43.3 Å². The SMILES string of the molecule is CCOc1ccc(-c2cnc(NCc3c(F)cccc3Br)n2C)cc1. The Bertz CT molecular complexity index is 841. The molecule has 3 aromatic rings. The quantitative estimate of drug-likeness (QED) is 0.629. The first-order chi connectivity index (χ1) is 12.1. The molecule has 0 saturated heterocycles. The van der Waals surface area contributed by atoms with Gasteiger partial charge in [0.05, 0.1) is 18.5 Å². The maximum absolute atomic E-state index is 13.9. The fourth-order valence-corrected chi connectivity index (χ4v) is 3.08. The largest absolute Gasteiger partial charge is 0.494 e. The minimum atomic E-state index is -0.247. The monoisotopic (exact) mass is 403 g/mol. The Morgan fingerprint density at radius 1 is 1.20 bits per heavy atom. The van der Waals surface area contributed by atoms with Crippen molar-refractivity contribution in [3.05, 3.63) is 64.5 Å². The molecule has 130 valence electrons. The molecular weight excluding hydrogens is 385 g/mol. The highest BCUT2D eigenvalue weighted by atomic mass is 79.9. The molecule has 25 heavy (non-hydrogen) atoms. The number of hydrogen-bond acceptors (Lipinski definition) is 3. The summed E-state index contributed by atoms with van der Waals surface area (Å²) in [6, 6.07) is 12.8. The lowest BCUT2D eigenvalue weighted by molar-refractivity contribution is 0.340. The third-order valence-electron chi connectivity index (χ3n) is 3.93. The molecule has 0 radical (unpaired) electrons. The van der Waals surface area contributed by atoms with E-state index in [9.17, 15) is 4.39 Å². The molecule has 0 aliphatic heterocycles. The van der Waals surface area contributed by atoms with Gasteiger partial charge in [-0.2, -0.15) is 0 Å². The second kappa shape index (κ2) is 7.70. The van der Waals surface area contributed by atoms with Crippen LogP contribution in [0.1, 0.15) is 12.5 Å². The van der Waals surface area contributed by atoms with Crippen LogP contribution < -0.4 is 10.1 Å². The molecule has 2 aromatic carbocycles. The topological polar surface area (TPSA) is 39.1 Å². The van der Waals surface area contributed by atoms with Gasteiger partial charge in [0.25, 0.3) is 0 Å². The van der Waals surface area contributed by atoms with E-state index in [1.54, 1.807) is 12.3 Å². The van der Waals surface area contributed by atoms with E-state index in [1.807, 2.05) is 48.9 Å². The van der Waals surface area contributed by atoms with Crippen molar-refractivity contribution in [1.29, 1.82) is 0 Å². The molecule has 0 fully saturated rings. The number of rotatable bonds is 6. The predicted octanol–water partition coefficient (Wildman–Crippen LogP) is 5.00. The van der Waals surface area contributed by atoms with E-state index in [0.29, 0.717) is 24.7 Å². The molecule has 1 N–H and O–H groups in total. The average molecular weight is 404 g/mol. The van der Waals surface area contributed by atoms with Gasteiger partial charge in [0.2, 0.25) is 5.95 Å². The highest BCUT2D eigenvalue weighted by Crippen LogP contribution is 2.25. The van der Waals surface area contributed by atoms with E-state index in [-0.39, 0.29) is 5.82 Å². The first-order valence-electron chi connectivity index (χ1n) is 8.02. The molecule has 3 rings (SSSR count). The molecule has 0 bridgehead atoms. The van der Waals surface area contributed by atoms with Crippen LogP contribution in [0.15, 0.2) is 53.1 Å². The van der Waals surface area contributed by atoms with Crippen molar-refractivity contribution in [2.75, 3.05) is 11.9 Å². The van der Waals surface area contributed by atoms with Gasteiger partial charge < -0.3 is 14.6 Å². The lowest BCUT2D eigenvalue weighted by Crippen LogP contribution is -2.07. The van der Waals surface area contributed by atoms with Crippen molar-refractivity contribution in [3.8, 4) is 17.0 Å². The number of benzene rings is 2. The van der Waals surface area contributed by atoms with Crippen LogP contribution in [0, 0.1) is 5.82 Å². The zero-order chi connectivity index (χ0) is 17.8. The van der Waals surface area contributed by atoms with Crippen LogP contribution in [0.5, 0.6) is 5.75 Å². The summed E-state index contributed by atoms with van der Waals surface area (Å²) in [7, 11) is 1.93. The molecule has 4 nitrogen and oxygen atoms in total. The Balaban J connectivity index is 1.77. The maximum Gasteiger partial charge on any atom is 0.203 e. The average Bonchev–Trinajstić information content (AvgIpc) is 2.96. The van der Waals surface area contributed by atoms with Gasteiger partial charge in [0.1, 0.15) is 11.6 Å². The van der Waals surface area contributed by atoms with Crippen LogP contribution in [-0.2, 0) is 13.6 Å². The highest BCUT2D eigenvalue weighted by molar-refractivity contribution is 9.10. The Hall–Kier alpha value is -2.34. The molecule has 0 amide bonds. The molecule has 0 unspecified atom stereocenters. The summed E-state index contributed by atoms with van der Waals surface area (Å²) in [6.45, 7) is 2.95. The number of nitrogens with zero attached hydrogens (tertiary/aromatic N) is 2. The van der Waals surface area contributed by atoms with Crippen LogP contribution >= 0.6 is 15.9 Å². The standard InChI is InChI=1S/C19H19BrFN3O/c1-3-25-14-9-7-13(8-10-14)18-12-23-19(24(18)2)22-11-15-16(20)5-4-6-17(15)21/h4-10,12H,3,11H2,1-2H3,(H,22,23). The summed E-state index contributed by atoms with van der Waals surface area (Å²) in [5.74, 6) is 1.28. The maximum atomic E-state index is 13.9. The van der Waals surface area contributed by atoms with Crippen molar-refractivity contribution in [1.82, 2.24) is 9.55 Å². The molecule has 0 spiro atoms. The first kappa shape index (κ1) is 17.5. The smallest absolute Gasteiger partial charge is 0.203 e. The van der Waals surface area contributed by atoms with E-state index < -0.39 is 0 Å². The third kappa shape index (κ3) is 3.85. The van der Waals surface area contributed by atoms with Gasteiger partial charge in [0.15, 0.2) is 0 Å². The second-order valence-electron chi connectivity index (χ2n) is 5.54. The lowest BCUT2D eigenvalue weighted by atomic mass is 10.1. The van der Waals surface area contributed by atoms with Crippen LogP contribution in [-0.4, -0.2) is 16.2 Å². The van der Waals surface area contributed by atoms with Crippen molar-refractivity contribution in [2.45, 2.75) is 13.5 Å². The molecular formula is C19H19BrFN3O. The first-order valence-corrected chi connectivity index (χ1v) is 8.81. The molecule has 0 aliphatic rings. The predicted molar refractivity (Wildman–Crippen MR) is 101 cm³/mol. The fraction of sp³-hybridized carbons (Fsp3) is 0.211. The normalized spacial score (nSPS) is 10.7. The minimum Gasteiger partial charge on any atom is -0.494 e. The summed E-state index contributed by atoms with van der Waals surface area (Å²) < 4.78 is 22.1. The number of aromatic nitrogens is 2. The van der Waals surface area contributed by atoms with E-state index in [2.05, 4.69) is 26.2 Å². The number of halogens is 2. The van der Waals surface area contributed by atoms with Gasteiger partial charge in [-0.15, -0.1) is 0 Å². The molecule has 0 saturated carbocycles. The lowest BCUT2D eigenvalue weighted by Gasteiger charge is -2.10. The number of hydrogen-bond donors (Lipinski definition) is 1. The van der Waals surface area contributed by atoms with E-state index >= 15 is 0 Å². The van der Waals surface area contributed by atoms with Gasteiger partial charge in [-0.1, -0.05) is 22.0 Å². The van der Waals surface area contributed by atoms with Crippen molar-refractivity contribution in [3.63, 3.8) is 0 Å². The van der Waals surface area contributed by atoms with Crippen LogP contribution in [0.4, 0.5) is 10.3 Å². The molecule has 1 heterocycles. The van der Waals surface area contributed by atoms with Crippen molar-refractivity contribution in [2.24, 2.45) is 7.05 Å². The van der Waals surface area contributed by atoms with Crippen LogP contribution in [0.3, 0.4) is 0 Å². The fourth-order valence-electron chi connectivity index (χ4n) is 2.60. The van der Waals surface area contributed by atoms with Gasteiger partial charge >= 0.3 is 0 Å². The summed E-state index contributed by atoms with van der Waals surface area (Å²) >= 11 is 3.38. The van der Waals surface area contributed by atoms with Gasteiger partial charge in [0, 0.05) is 29.2 Å². The Morgan fingerprint density at radius 3 is 2.64 bits per heavy atom. The van der Waals surface area contributed by atoms with Crippen LogP contribution in [0.2, 0.25) is 0 Å². The zero-order valence-electron chi connectivity index (χ0n) is 14.1. The molecule has 0 aliphatic carbocycles. The number of nitrogens with one attached hydrogen (secondary N) is 1. The summed E-state index contributed by atoms with van der Waals surface area (Å²) in [5.41, 5.74) is 2.59. The Kier molecular flexibility index (Phi) is 5.38. The number of imidazole rings is 1. The number of anilines is 1. The minimum absolute atomic E-state index is 0.247. The Labute approximate surface area is 154 Å². The van der Waals surface area contributed by atoms with Crippen molar-refractivity contribution >= 4 is 21.9 Å². The van der Waals surface area contributed by atoms with E-state index in [1.165, 1.54) is 6.07 Å². The summed E-state index contributed by atoms with van der Waals surface area (Å²) in [6.07, 6.45) is 1.80. The number of ether oxygens (including phenoxy) is 1. The zero-order valence-corrected chi connectivity index (χ0v) is 15.7. The molecule has 6 heteroatoms. The van der Waals surface area contributed by atoms with E-state index in [0.717, 1.165) is 21.5 Å². The van der Waals surface area contributed by atoms with Crippen molar-refractivity contribution < 1.29 is 9.13 Å². The van der Waals surface area contributed by atoms with E-state index in [4.69, 9.17) is 4.74 Å². The molecule has 1 aromatic heterocycles. The van der Waals surface area contributed by atoms with Gasteiger partial charge in [-0.25, -0.2) is 9.37 Å². The third-order valence-corrected chi connectivity index (χ3v) is 4.68. The molecule has 0 atom stereocenters. The second-order valence-corrected chi connectivity index (χ2v) is 6.39. The van der Waals surface area contributed by atoms with Gasteiger partial charge in [-0.3, -0.25) is 0 Å². The summed E-state index contributed by atoms with van der Waals surface area (Å²) in [5, 5.41) is 3.19. The Morgan fingerprint density at radius 2 is 1.96 bits per heavy atom. The highest BCUT2D eigenvalue weighted by Gasteiger charge is 2.11. The van der Waals surface area contributed by atoms with Crippen LogP contribution in [0.25, 0.3) is 11.3 Å².